The zero-order valence-electron chi connectivity index (χ0n) is 20.3. The van der Waals surface area contributed by atoms with Gasteiger partial charge in [0, 0.05) is 20.2 Å². The largest absolute Gasteiger partial charge is 0.497 e. The minimum absolute atomic E-state index is 0.0701. The molecule has 182 valence electrons. The first-order chi connectivity index (χ1) is 16.6. The normalized spacial score (nSPS) is 11.9. The van der Waals surface area contributed by atoms with Crippen LogP contribution in [0.25, 0.3) is 0 Å². The number of hydrogen-bond donors (Lipinski definition) is 0. The fraction of sp³-hybridized carbons (Fsp3) is 0.333. The molecule has 0 aromatic heterocycles. The van der Waals surface area contributed by atoms with Crippen molar-refractivity contribution < 1.29 is 23.3 Å². The maximum absolute atomic E-state index is 6.85. The van der Waals surface area contributed by atoms with Crippen molar-refractivity contribution in [2.45, 2.75) is 5.60 Å². The number of hydrogen-bond acceptors (Lipinski definition) is 6. The van der Waals surface area contributed by atoms with Crippen molar-refractivity contribution in [1.29, 1.82) is 0 Å². The molecule has 0 fully saturated rings. The van der Waals surface area contributed by atoms with Crippen molar-refractivity contribution in [3.8, 4) is 11.5 Å². The highest BCUT2D eigenvalue weighted by molar-refractivity contribution is 7.26. The summed E-state index contributed by atoms with van der Waals surface area (Å²) < 4.78 is 28.1. The van der Waals surface area contributed by atoms with Crippen molar-refractivity contribution in [1.82, 2.24) is 4.90 Å². The first kappa shape index (κ1) is 26.1. The lowest BCUT2D eigenvalue weighted by Gasteiger charge is -2.36. The predicted molar refractivity (Wildman–Crippen MR) is 137 cm³/mol. The molecule has 3 rings (SSSR count). The molecule has 3 aromatic rings. The summed E-state index contributed by atoms with van der Waals surface area (Å²) in [6.45, 7) is 2.68. The van der Waals surface area contributed by atoms with Crippen molar-refractivity contribution in [2.24, 2.45) is 0 Å². The van der Waals surface area contributed by atoms with Gasteiger partial charge in [-0.15, -0.1) is 0 Å². The lowest BCUT2D eigenvalue weighted by Crippen LogP contribution is -2.36. The van der Waals surface area contributed by atoms with Gasteiger partial charge in [-0.25, -0.2) is 0 Å². The van der Waals surface area contributed by atoms with Gasteiger partial charge in [0.15, 0.2) is 9.03 Å². The van der Waals surface area contributed by atoms with Crippen LogP contribution in [0.1, 0.15) is 16.7 Å². The Kier molecular flexibility index (Phi) is 10.3. The maximum Gasteiger partial charge on any atom is 0.154 e. The van der Waals surface area contributed by atoms with Gasteiger partial charge in [-0.3, -0.25) is 0 Å². The Morgan fingerprint density at radius 3 is 1.68 bits per heavy atom. The van der Waals surface area contributed by atoms with E-state index in [2.05, 4.69) is 48.3 Å². The molecule has 0 spiro atoms. The molecule has 3 aromatic carbocycles. The third-order valence-corrected chi connectivity index (χ3v) is 6.17. The van der Waals surface area contributed by atoms with E-state index in [1.807, 2.05) is 42.5 Å². The minimum atomic E-state index is -0.797. The van der Waals surface area contributed by atoms with Crippen LogP contribution >= 0.6 is 9.03 Å². The second kappa shape index (κ2) is 13.4. The first-order valence-electron chi connectivity index (χ1n) is 11.2. The van der Waals surface area contributed by atoms with Gasteiger partial charge in [0.2, 0.25) is 0 Å². The Hall–Kier alpha value is -2.47. The van der Waals surface area contributed by atoms with Gasteiger partial charge in [0.05, 0.1) is 27.4 Å². The Morgan fingerprint density at radius 2 is 1.18 bits per heavy atom. The predicted octanol–water partition coefficient (Wildman–Crippen LogP) is 5.12. The first-order valence-corrected chi connectivity index (χ1v) is 12.0. The van der Waals surface area contributed by atoms with Crippen LogP contribution in [0.3, 0.4) is 0 Å². The van der Waals surface area contributed by atoms with Gasteiger partial charge in [-0.05, 0) is 48.0 Å². The number of rotatable bonds is 14. The van der Waals surface area contributed by atoms with Crippen LogP contribution in [0.5, 0.6) is 11.5 Å². The molecule has 0 radical (unpaired) electrons. The van der Waals surface area contributed by atoms with Gasteiger partial charge in [-0.2, -0.15) is 0 Å². The number of nitrogens with zero attached hydrogens (tertiary/aromatic N) is 1. The second-order valence-corrected chi connectivity index (χ2v) is 8.66. The van der Waals surface area contributed by atoms with Crippen LogP contribution in [0.15, 0.2) is 78.9 Å². The van der Waals surface area contributed by atoms with Gasteiger partial charge < -0.3 is 28.2 Å². The maximum atomic E-state index is 6.85. The summed E-state index contributed by atoms with van der Waals surface area (Å²) in [7, 11) is 7.12. The molecule has 0 bridgehead atoms. The second-order valence-electron chi connectivity index (χ2n) is 7.79. The average Bonchev–Trinajstić information content (AvgIpc) is 2.90. The van der Waals surface area contributed by atoms with Gasteiger partial charge in [0.1, 0.15) is 17.1 Å². The molecule has 1 unspecified atom stereocenters. The van der Waals surface area contributed by atoms with E-state index < -0.39 is 5.60 Å². The summed E-state index contributed by atoms with van der Waals surface area (Å²) >= 11 is 0. The summed E-state index contributed by atoms with van der Waals surface area (Å²) in [4.78, 5) is 2.19. The van der Waals surface area contributed by atoms with E-state index in [9.17, 15) is 0 Å². The molecule has 0 aliphatic carbocycles. The summed E-state index contributed by atoms with van der Waals surface area (Å²) in [5, 5.41) is 0. The molecule has 0 aliphatic rings. The van der Waals surface area contributed by atoms with Crippen molar-refractivity contribution in [3.63, 3.8) is 0 Å². The van der Waals surface area contributed by atoms with E-state index >= 15 is 0 Å². The fourth-order valence-corrected chi connectivity index (χ4v) is 4.14. The highest BCUT2D eigenvalue weighted by Gasteiger charge is 2.37. The van der Waals surface area contributed by atoms with Gasteiger partial charge in [-0.1, -0.05) is 54.6 Å². The lowest BCUT2D eigenvalue weighted by molar-refractivity contribution is 0.00280. The molecule has 0 saturated carbocycles. The van der Waals surface area contributed by atoms with Crippen LogP contribution in [0, 0.1) is 0 Å². The van der Waals surface area contributed by atoms with E-state index in [4.69, 9.17) is 23.3 Å². The molecular formula is C27H34NO5P. The van der Waals surface area contributed by atoms with Gasteiger partial charge >= 0.3 is 0 Å². The zero-order valence-corrected chi connectivity index (χ0v) is 21.3. The van der Waals surface area contributed by atoms with E-state index in [1.165, 1.54) is 0 Å². The molecule has 0 N–H and O–H groups in total. The molecular weight excluding hydrogens is 449 g/mol. The molecule has 0 aliphatic heterocycles. The molecule has 7 heteroatoms. The van der Waals surface area contributed by atoms with Crippen LogP contribution in [0.2, 0.25) is 0 Å². The van der Waals surface area contributed by atoms with Gasteiger partial charge in [0.25, 0.3) is 0 Å². The fourth-order valence-electron chi connectivity index (χ4n) is 3.84. The Morgan fingerprint density at radius 1 is 0.676 bits per heavy atom. The zero-order chi connectivity index (χ0) is 24.2. The number of methoxy groups -OCH3 is 2. The SMILES string of the molecule is COPOCCN(C)CCOC(c1ccccc1)(c1ccc(OC)cc1)c1ccc(OC)cc1. The minimum Gasteiger partial charge on any atom is -0.497 e. The molecule has 0 saturated heterocycles. The number of ether oxygens (including phenoxy) is 3. The molecule has 0 amide bonds. The van der Waals surface area contributed by atoms with Crippen LogP contribution in [-0.4, -0.2) is 59.6 Å². The van der Waals surface area contributed by atoms with Crippen molar-refractivity contribution in [2.75, 3.05) is 54.7 Å². The summed E-state index contributed by atoms with van der Waals surface area (Å²) in [5.41, 5.74) is 2.31. The Labute approximate surface area is 204 Å². The van der Waals surface area contributed by atoms with Crippen LogP contribution < -0.4 is 9.47 Å². The Bertz CT molecular complexity index is 919. The molecule has 1 atom stereocenters. The number of likely N-dealkylation sites (N-methyl/N-ethyl adjacent to an activating group) is 1. The Balaban J connectivity index is 1.95. The van der Waals surface area contributed by atoms with E-state index in [-0.39, 0.29) is 9.03 Å². The lowest BCUT2D eigenvalue weighted by atomic mass is 9.80. The number of benzene rings is 3. The van der Waals surface area contributed by atoms with Crippen LogP contribution in [0.4, 0.5) is 0 Å². The smallest absolute Gasteiger partial charge is 0.154 e. The van der Waals surface area contributed by atoms with E-state index in [0.29, 0.717) is 13.2 Å². The monoisotopic (exact) mass is 483 g/mol. The highest BCUT2D eigenvalue weighted by atomic mass is 31.1. The third-order valence-electron chi connectivity index (χ3n) is 5.68. The highest BCUT2D eigenvalue weighted by Crippen LogP contribution is 2.41. The van der Waals surface area contributed by atoms with Crippen LogP contribution in [-0.2, 0) is 19.4 Å². The molecule has 6 nitrogen and oxygen atoms in total. The summed E-state index contributed by atoms with van der Waals surface area (Å²) in [6.07, 6.45) is 0. The summed E-state index contributed by atoms with van der Waals surface area (Å²) in [5.74, 6) is 1.61. The average molecular weight is 484 g/mol. The van der Waals surface area contributed by atoms with E-state index in [0.717, 1.165) is 41.3 Å². The van der Waals surface area contributed by atoms with E-state index in [1.54, 1.807) is 21.3 Å². The third kappa shape index (κ3) is 6.56. The van der Waals surface area contributed by atoms with Crippen molar-refractivity contribution in [3.05, 3.63) is 95.6 Å². The topological polar surface area (TPSA) is 49.4 Å². The standard InChI is InChI=1S/C27H34NO5P/c1-28(19-21-33-34-31-4)18-20-32-27(22-8-6-5-7-9-22,23-10-14-25(29-2)15-11-23)24-12-16-26(30-3)17-13-24/h5-17,34H,18-21H2,1-4H3. The molecule has 0 heterocycles. The molecule has 34 heavy (non-hydrogen) atoms. The quantitative estimate of drug-likeness (QED) is 0.180. The van der Waals surface area contributed by atoms with Crippen molar-refractivity contribution >= 4 is 9.03 Å². The summed E-state index contributed by atoms with van der Waals surface area (Å²) in [6, 6.07) is 26.5.